The fraction of sp³-hybridized carbons (Fsp3) is 0.222. The van der Waals surface area contributed by atoms with Gasteiger partial charge in [-0.25, -0.2) is 0 Å². The van der Waals surface area contributed by atoms with Crippen molar-refractivity contribution >= 4 is 11.8 Å². The minimum absolute atomic E-state index is 0.137. The number of benzene rings is 2. The quantitative estimate of drug-likeness (QED) is 0.743. The van der Waals surface area contributed by atoms with E-state index in [2.05, 4.69) is 10.9 Å². The van der Waals surface area contributed by atoms with E-state index < -0.39 is 5.91 Å². The predicted octanol–water partition coefficient (Wildman–Crippen LogP) is 1.47. The van der Waals surface area contributed by atoms with Crippen LogP contribution >= 0.6 is 0 Å². The third-order valence-electron chi connectivity index (χ3n) is 3.29. The summed E-state index contributed by atoms with van der Waals surface area (Å²) in [7, 11) is 3.09. The summed E-state index contributed by atoms with van der Waals surface area (Å²) >= 11 is 0. The van der Waals surface area contributed by atoms with Crippen LogP contribution in [0, 0.1) is 0 Å². The van der Waals surface area contributed by atoms with Gasteiger partial charge in [-0.2, -0.15) is 0 Å². The van der Waals surface area contributed by atoms with Gasteiger partial charge in [0.25, 0.3) is 5.91 Å². The highest BCUT2D eigenvalue weighted by Crippen LogP contribution is 2.25. The van der Waals surface area contributed by atoms with Crippen LogP contribution in [0.1, 0.15) is 5.56 Å². The van der Waals surface area contributed by atoms with E-state index in [1.54, 1.807) is 55.6 Å². The number of hydrogen-bond donors (Lipinski definition) is 2. The number of nitrogens with one attached hydrogen (secondary N) is 2. The molecule has 0 aliphatic carbocycles. The molecule has 0 aromatic heterocycles. The van der Waals surface area contributed by atoms with Gasteiger partial charge in [0.2, 0.25) is 5.91 Å². The van der Waals surface area contributed by atoms with E-state index in [4.69, 9.17) is 14.2 Å². The van der Waals surface area contributed by atoms with Crippen LogP contribution in [0.25, 0.3) is 0 Å². The van der Waals surface area contributed by atoms with Crippen molar-refractivity contribution < 1.29 is 23.8 Å². The Morgan fingerprint density at radius 2 is 1.48 bits per heavy atom. The molecule has 0 saturated heterocycles. The van der Waals surface area contributed by atoms with Crippen molar-refractivity contribution in [2.75, 3.05) is 20.8 Å². The van der Waals surface area contributed by atoms with Gasteiger partial charge in [-0.1, -0.05) is 24.3 Å². The summed E-state index contributed by atoms with van der Waals surface area (Å²) in [4.78, 5) is 23.6. The minimum atomic E-state index is -0.478. The average molecular weight is 344 g/mol. The number of carbonyl (C=O) groups is 2. The lowest BCUT2D eigenvalue weighted by atomic mass is 10.1. The van der Waals surface area contributed by atoms with E-state index in [0.29, 0.717) is 17.2 Å². The highest BCUT2D eigenvalue weighted by atomic mass is 16.5. The smallest absolute Gasteiger partial charge is 0.276 e. The third kappa shape index (κ3) is 5.72. The molecule has 0 spiro atoms. The molecular formula is C18H20N2O5. The maximum Gasteiger partial charge on any atom is 0.276 e. The van der Waals surface area contributed by atoms with Gasteiger partial charge < -0.3 is 14.2 Å². The Hall–Kier alpha value is -3.22. The summed E-state index contributed by atoms with van der Waals surface area (Å²) < 4.78 is 15.5. The highest BCUT2D eigenvalue weighted by Gasteiger charge is 2.09. The fourth-order valence-electron chi connectivity index (χ4n) is 2.03. The lowest BCUT2D eigenvalue weighted by Crippen LogP contribution is -2.44. The molecule has 7 heteroatoms. The summed E-state index contributed by atoms with van der Waals surface area (Å²) in [5.74, 6) is 0.874. The average Bonchev–Trinajstić information content (AvgIpc) is 2.65. The van der Waals surface area contributed by atoms with Gasteiger partial charge in [0.15, 0.2) is 18.1 Å². The normalized spacial score (nSPS) is 9.84. The Kier molecular flexibility index (Phi) is 6.65. The predicted molar refractivity (Wildman–Crippen MR) is 91.5 cm³/mol. The second-order valence-electron chi connectivity index (χ2n) is 5.06. The SMILES string of the molecule is COc1ccc(CC(=O)NNC(=O)COc2ccccc2OC)cc1. The van der Waals surface area contributed by atoms with E-state index in [9.17, 15) is 9.59 Å². The van der Waals surface area contributed by atoms with Crippen LogP contribution < -0.4 is 25.1 Å². The zero-order valence-corrected chi connectivity index (χ0v) is 14.1. The number of hydrogen-bond acceptors (Lipinski definition) is 5. The van der Waals surface area contributed by atoms with Crippen molar-refractivity contribution in [3.63, 3.8) is 0 Å². The van der Waals surface area contributed by atoms with Crippen LogP contribution in [0.5, 0.6) is 17.2 Å². The van der Waals surface area contributed by atoms with Crippen LogP contribution in [-0.2, 0) is 16.0 Å². The standard InChI is InChI=1S/C18H20N2O5/c1-23-14-9-7-13(8-10-14)11-17(21)19-20-18(22)12-25-16-6-4-3-5-15(16)24-2/h3-10H,11-12H2,1-2H3,(H,19,21)(H,20,22). The minimum Gasteiger partial charge on any atom is -0.497 e. The Morgan fingerprint density at radius 1 is 0.840 bits per heavy atom. The molecular weight excluding hydrogens is 324 g/mol. The fourth-order valence-corrected chi connectivity index (χ4v) is 2.03. The Balaban J connectivity index is 1.74. The number of ether oxygens (including phenoxy) is 3. The molecule has 0 heterocycles. The first-order chi connectivity index (χ1) is 12.1. The van der Waals surface area contributed by atoms with Gasteiger partial charge in [-0.15, -0.1) is 0 Å². The summed E-state index contributed by atoms with van der Waals surface area (Å²) in [6, 6.07) is 14.1. The molecule has 0 aliphatic heterocycles. The van der Waals surface area contributed by atoms with Crippen molar-refractivity contribution in [1.29, 1.82) is 0 Å². The molecule has 0 aliphatic rings. The van der Waals surface area contributed by atoms with E-state index in [1.165, 1.54) is 7.11 Å². The van der Waals surface area contributed by atoms with Crippen molar-refractivity contribution in [3.05, 3.63) is 54.1 Å². The maximum absolute atomic E-state index is 11.8. The molecule has 2 N–H and O–H groups in total. The van der Waals surface area contributed by atoms with Crippen LogP contribution in [0.4, 0.5) is 0 Å². The summed E-state index contributed by atoms with van der Waals surface area (Å²) in [5, 5.41) is 0. The number of carbonyl (C=O) groups excluding carboxylic acids is 2. The molecule has 0 unspecified atom stereocenters. The van der Waals surface area contributed by atoms with E-state index >= 15 is 0 Å². The second-order valence-corrected chi connectivity index (χ2v) is 5.06. The zero-order valence-electron chi connectivity index (χ0n) is 14.1. The van der Waals surface area contributed by atoms with Gasteiger partial charge in [0.05, 0.1) is 20.6 Å². The van der Waals surface area contributed by atoms with E-state index in [0.717, 1.165) is 5.56 Å². The van der Waals surface area contributed by atoms with Gasteiger partial charge in [0, 0.05) is 0 Å². The molecule has 25 heavy (non-hydrogen) atoms. The largest absolute Gasteiger partial charge is 0.497 e. The highest BCUT2D eigenvalue weighted by molar-refractivity contribution is 5.83. The van der Waals surface area contributed by atoms with Crippen LogP contribution in [0.3, 0.4) is 0 Å². The summed E-state index contributed by atoms with van der Waals surface area (Å²) in [6.07, 6.45) is 0.137. The Bertz CT molecular complexity index is 716. The third-order valence-corrected chi connectivity index (χ3v) is 3.29. The molecule has 7 nitrogen and oxygen atoms in total. The first kappa shape index (κ1) is 18.1. The van der Waals surface area contributed by atoms with E-state index in [-0.39, 0.29) is 18.9 Å². The molecule has 132 valence electrons. The first-order valence-electron chi connectivity index (χ1n) is 7.59. The van der Waals surface area contributed by atoms with Gasteiger partial charge in [-0.05, 0) is 29.8 Å². The Morgan fingerprint density at radius 3 is 2.12 bits per heavy atom. The monoisotopic (exact) mass is 344 g/mol. The molecule has 0 radical (unpaired) electrons. The molecule has 0 bridgehead atoms. The van der Waals surface area contributed by atoms with Gasteiger partial charge >= 0.3 is 0 Å². The summed E-state index contributed by atoms with van der Waals surface area (Å²) in [6.45, 7) is -0.247. The van der Waals surface area contributed by atoms with Crippen LogP contribution in [0.15, 0.2) is 48.5 Å². The first-order valence-corrected chi connectivity index (χ1v) is 7.59. The molecule has 2 aromatic rings. The number of amides is 2. The molecule has 0 saturated carbocycles. The van der Waals surface area contributed by atoms with E-state index in [1.807, 2.05) is 0 Å². The topological polar surface area (TPSA) is 85.9 Å². The van der Waals surface area contributed by atoms with Crippen molar-refractivity contribution in [1.82, 2.24) is 10.9 Å². The van der Waals surface area contributed by atoms with Gasteiger partial charge in [-0.3, -0.25) is 20.4 Å². The van der Waals surface area contributed by atoms with Crippen LogP contribution in [-0.4, -0.2) is 32.6 Å². The lowest BCUT2D eigenvalue weighted by molar-refractivity contribution is -0.129. The molecule has 2 aromatic carbocycles. The molecule has 2 rings (SSSR count). The number of methoxy groups -OCH3 is 2. The number of hydrazine groups is 1. The number of para-hydroxylation sites is 2. The zero-order chi connectivity index (χ0) is 18.1. The van der Waals surface area contributed by atoms with Crippen molar-refractivity contribution in [2.24, 2.45) is 0 Å². The maximum atomic E-state index is 11.8. The molecule has 0 fully saturated rings. The van der Waals surface area contributed by atoms with Crippen molar-refractivity contribution in [3.8, 4) is 17.2 Å². The Labute approximate surface area is 145 Å². The van der Waals surface area contributed by atoms with Crippen LogP contribution in [0.2, 0.25) is 0 Å². The lowest BCUT2D eigenvalue weighted by Gasteiger charge is -2.11. The second kappa shape index (κ2) is 9.17. The molecule has 0 atom stereocenters. The number of rotatable bonds is 7. The molecule has 2 amide bonds. The van der Waals surface area contributed by atoms with Crippen molar-refractivity contribution in [2.45, 2.75) is 6.42 Å². The van der Waals surface area contributed by atoms with Gasteiger partial charge in [0.1, 0.15) is 5.75 Å². The summed E-state index contributed by atoms with van der Waals surface area (Å²) in [5.41, 5.74) is 5.45.